The topological polar surface area (TPSA) is 69.4 Å². The molecule has 0 bridgehead atoms. The second kappa shape index (κ2) is 7.05. The van der Waals surface area contributed by atoms with E-state index in [0.29, 0.717) is 24.5 Å². The number of aryl methyl sites for hydroxylation is 1. The lowest BCUT2D eigenvalue weighted by Gasteiger charge is -2.19. The summed E-state index contributed by atoms with van der Waals surface area (Å²) in [5, 5.41) is 21.4. The Labute approximate surface area is 145 Å². The van der Waals surface area contributed by atoms with Gasteiger partial charge in [0.15, 0.2) is 0 Å². The van der Waals surface area contributed by atoms with Gasteiger partial charge >= 0.3 is 0 Å². The van der Waals surface area contributed by atoms with Crippen LogP contribution in [0.2, 0.25) is 0 Å². The van der Waals surface area contributed by atoms with Crippen LogP contribution < -0.4 is 4.74 Å². The highest BCUT2D eigenvalue weighted by Crippen LogP contribution is 2.30. The first-order valence-electron chi connectivity index (χ1n) is 7.96. The first-order valence-corrected chi connectivity index (χ1v) is 8.84. The van der Waals surface area contributed by atoms with Gasteiger partial charge in [0, 0.05) is 11.9 Å². The Balaban J connectivity index is 1.71. The van der Waals surface area contributed by atoms with E-state index in [1.54, 1.807) is 7.11 Å². The number of amidine groups is 1. The van der Waals surface area contributed by atoms with Gasteiger partial charge in [-0.3, -0.25) is 5.41 Å². The molecular formula is C18H21N3O2S. The highest BCUT2D eigenvalue weighted by Gasteiger charge is 2.29. The van der Waals surface area contributed by atoms with Crippen LogP contribution in [0, 0.1) is 5.41 Å². The Morgan fingerprint density at radius 3 is 2.88 bits per heavy atom. The lowest BCUT2D eigenvalue weighted by atomic mass is 10.1. The third-order valence-electron chi connectivity index (χ3n) is 4.15. The number of nitrogens with zero attached hydrogens (tertiary/aromatic N) is 2. The molecule has 1 aromatic carbocycles. The van der Waals surface area contributed by atoms with Crippen molar-refractivity contribution in [1.82, 2.24) is 9.88 Å². The standard InChI is InChI=1S/C18H21N3O2S/c1-3-13-11-24-18(20-13)16-14(22)10-21(17(16)19)9-8-12-6-4-5-7-15(12)23-2/h4-7,11,19,22H,3,8-10H2,1-2H3. The molecule has 0 aliphatic carbocycles. The molecule has 0 spiro atoms. The fourth-order valence-electron chi connectivity index (χ4n) is 2.80. The van der Waals surface area contributed by atoms with Gasteiger partial charge in [0.1, 0.15) is 22.4 Å². The number of aromatic nitrogens is 1. The minimum absolute atomic E-state index is 0.233. The van der Waals surface area contributed by atoms with Gasteiger partial charge < -0.3 is 14.7 Å². The molecule has 0 saturated carbocycles. The normalized spacial score (nSPS) is 14.6. The largest absolute Gasteiger partial charge is 0.510 e. The molecule has 2 heterocycles. The number of hydrogen-bond acceptors (Lipinski definition) is 5. The molecule has 3 rings (SSSR count). The molecule has 1 aliphatic rings. The van der Waals surface area contributed by atoms with E-state index in [2.05, 4.69) is 4.98 Å². The van der Waals surface area contributed by atoms with Crippen LogP contribution in [0.5, 0.6) is 5.75 Å². The van der Waals surface area contributed by atoms with Gasteiger partial charge in [-0.05, 0) is 24.5 Å². The Morgan fingerprint density at radius 2 is 2.17 bits per heavy atom. The van der Waals surface area contributed by atoms with Crippen LogP contribution in [0.3, 0.4) is 0 Å². The van der Waals surface area contributed by atoms with Crippen molar-refractivity contribution in [2.75, 3.05) is 20.2 Å². The molecule has 0 atom stereocenters. The van der Waals surface area contributed by atoms with E-state index in [9.17, 15) is 5.11 Å². The number of methoxy groups -OCH3 is 1. The van der Waals surface area contributed by atoms with Crippen molar-refractivity contribution in [3.63, 3.8) is 0 Å². The SMILES string of the molecule is CCc1csc(C2=C(O)CN(CCc3ccccc3OC)C2=N)n1. The van der Waals surface area contributed by atoms with Crippen molar-refractivity contribution in [3.8, 4) is 5.75 Å². The van der Waals surface area contributed by atoms with Crippen LogP contribution in [0.4, 0.5) is 0 Å². The number of hydrogen-bond donors (Lipinski definition) is 2. The zero-order valence-corrected chi connectivity index (χ0v) is 14.7. The minimum atomic E-state index is 0.233. The van der Waals surface area contributed by atoms with Crippen LogP contribution in [0.25, 0.3) is 5.57 Å². The van der Waals surface area contributed by atoms with Crippen LogP contribution in [0.1, 0.15) is 23.2 Å². The second-order valence-corrected chi connectivity index (χ2v) is 6.51. The Morgan fingerprint density at radius 1 is 1.38 bits per heavy atom. The highest BCUT2D eigenvalue weighted by molar-refractivity contribution is 7.11. The number of thiazole rings is 1. The number of rotatable bonds is 6. The summed E-state index contributed by atoms with van der Waals surface area (Å²) in [6, 6.07) is 7.89. The average molecular weight is 343 g/mol. The Bertz CT molecular complexity index is 782. The molecule has 0 saturated heterocycles. The summed E-state index contributed by atoms with van der Waals surface area (Å²) in [5.41, 5.74) is 2.67. The summed E-state index contributed by atoms with van der Waals surface area (Å²) in [6.07, 6.45) is 1.61. The second-order valence-electron chi connectivity index (χ2n) is 5.65. The summed E-state index contributed by atoms with van der Waals surface area (Å²) < 4.78 is 5.37. The summed E-state index contributed by atoms with van der Waals surface area (Å²) in [4.78, 5) is 6.38. The maximum absolute atomic E-state index is 10.3. The van der Waals surface area contributed by atoms with E-state index in [4.69, 9.17) is 10.1 Å². The molecule has 24 heavy (non-hydrogen) atoms. The van der Waals surface area contributed by atoms with E-state index in [1.807, 2.05) is 41.5 Å². The molecule has 2 N–H and O–H groups in total. The van der Waals surface area contributed by atoms with Gasteiger partial charge in [-0.2, -0.15) is 0 Å². The summed E-state index contributed by atoms with van der Waals surface area (Å²) in [5.74, 6) is 1.43. The molecule has 0 amide bonds. The fraction of sp³-hybridized carbons (Fsp3) is 0.333. The van der Waals surface area contributed by atoms with Crippen molar-refractivity contribution in [2.45, 2.75) is 19.8 Å². The molecule has 1 aliphatic heterocycles. The number of para-hydroxylation sites is 1. The van der Waals surface area contributed by atoms with Crippen LogP contribution in [-0.2, 0) is 12.8 Å². The lowest BCUT2D eigenvalue weighted by Crippen LogP contribution is -2.29. The molecular weight excluding hydrogens is 322 g/mol. The van der Waals surface area contributed by atoms with Crippen molar-refractivity contribution in [3.05, 3.63) is 51.7 Å². The van der Waals surface area contributed by atoms with E-state index < -0.39 is 0 Å². The quantitative estimate of drug-likeness (QED) is 0.842. The molecule has 0 radical (unpaired) electrons. The van der Waals surface area contributed by atoms with Gasteiger partial charge in [-0.1, -0.05) is 25.1 Å². The number of aliphatic hydroxyl groups is 1. The minimum Gasteiger partial charge on any atom is -0.510 e. The fourth-order valence-corrected chi connectivity index (χ4v) is 3.77. The van der Waals surface area contributed by atoms with Crippen LogP contribution in [0.15, 0.2) is 35.4 Å². The smallest absolute Gasteiger partial charge is 0.135 e. The van der Waals surface area contributed by atoms with Crippen molar-refractivity contribution >= 4 is 22.7 Å². The van der Waals surface area contributed by atoms with E-state index in [-0.39, 0.29) is 5.76 Å². The molecule has 0 unspecified atom stereocenters. The third kappa shape index (κ3) is 3.14. The molecule has 0 fully saturated rings. The molecule has 1 aromatic heterocycles. The zero-order chi connectivity index (χ0) is 17.1. The van der Waals surface area contributed by atoms with E-state index in [0.717, 1.165) is 34.9 Å². The number of nitrogens with one attached hydrogen (secondary N) is 1. The zero-order valence-electron chi connectivity index (χ0n) is 13.9. The predicted molar refractivity (Wildman–Crippen MR) is 97.0 cm³/mol. The van der Waals surface area contributed by atoms with Gasteiger partial charge in [-0.25, -0.2) is 4.98 Å². The number of benzene rings is 1. The van der Waals surface area contributed by atoms with Gasteiger partial charge in [-0.15, -0.1) is 11.3 Å². The predicted octanol–water partition coefficient (Wildman–Crippen LogP) is 3.52. The van der Waals surface area contributed by atoms with Crippen molar-refractivity contribution in [2.24, 2.45) is 0 Å². The molecule has 2 aromatic rings. The summed E-state index contributed by atoms with van der Waals surface area (Å²) in [6.45, 7) is 3.07. The molecule has 6 heteroatoms. The van der Waals surface area contributed by atoms with Gasteiger partial charge in [0.05, 0.1) is 24.9 Å². The maximum atomic E-state index is 10.3. The molecule has 126 valence electrons. The van der Waals surface area contributed by atoms with Crippen molar-refractivity contribution in [1.29, 1.82) is 5.41 Å². The van der Waals surface area contributed by atoms with E-state index in [1.165, 1.54) is 11.3 Å². The van der Waals surface area contributed by atoms with Crippen LogP contribution >= 0.6 is 11.3 Å². The van der Waals surface area contributed by atoms with Gasteiger partial charge in [0.2, 0.25) is 0 Å². The van der Waals surface area contributed by atoms with E-state index >= 15 is 0 Å². The Hall–Kier alpha value is -2.34. The van der Waals surface area contributed by atoms with Crippen LogP contribution in [-0.4, -0.2) is 41.0 Å². The third-order valence-corrected chi connectivity index (χ3v) is 5.06. The monoisotopic (exact) mass is 343 g/mol. The first-order chi connectivity index (χ1) is 11.6. The summed E-state index contributed by atoms with van der Waals surface area (Å²) in [7, 11) is 1.66. The maximum Gasteiger partial charge on any atom is 0.135 e. The first kappa shape index (κ1) is 16.5. The number of ether oxygens (including phenoxy) is 1. The molecule has 5 nitrogen and oxygen atoms in total. The summed E-state index contributed by atoms with van der Waals surface area (Å²) >= 11 is 1.48. The number of aliphatic hydroxyl groups excluding tert-OH is 1. The average Bonchev–Trinajstić information content (AvgIpc) is 3.17. The highest BCUT2D eigenvalue weighted by atomic mass is 32.1. The van der Waals surface area contributed by atoms with Crippen molar-refractivity contribution < 1.29 is 9.84 Å². The lowest BCUT2D eigenvalue weighted by molar-refractivity contribution is 0.349. The Kier molecular flexibility index (Phi) is 4.85. The van der Waals surface area contributed by atoms with Gasteiger partial charge in [0.25, 0.3) is 0 Å².